The van der Waals surface area contributed by atoms with Crippen molar-refractivity contribution >= 4 is 17.5 Å². The van der Waals surface area contributed by atoms with Gasteiger partial charge in [0.2, 0.25) is 0 Å². The molecular formula is C16H21N3O4. The highest BCUT2D eigenvalue weighted by atomic mass is 16.6. The van der Waals surface area contributed by atoms with Crippen LogP contribution in [0.15, 0.2) is 24.4 Å². The van der Waals surface area contributed by atoms with E-state index in [4.69, 9.17) is 15.6 Å². The number of rotatable bonds is 5. The summed E-state index contributed by atoms with van der Waals surface area (Å²) in [6, 6.07) is 4.41. The number of ether oxygens (including phenoxy) is 1. The van der Waals surface area contributed by atoms with E-state index in [9.17, 15) is 9.59 Å². The summed E-state index contributed by atoms with van der Waals surface area (Å²) in [7, 11) is 0. The Morgan fingerprint density at radius 1 is 1.39 bits per heavy atom. The van der Waals surface area contributed by atoms with Crippen molar-refractivity contribution in [2.45, 2.75) is 45.3 Å². The minimum atomic E-state index is -1.09. The van der Waals surface area contributed by atoms with Gasteiger partial charge in [0.25, 0.3) is 0 Å². The molecule has 124 valence electrons. The van der Waals surface area contributed by atoms with E-state index in [-0.39, 0.29) is 18.8 Å². The van der Waals surface area contributed by atoms with Crippen molar-refractivity contribution in [3.63, 3.8) is 0 Å². The number of esters is 1. The first-order valence-electron chi connectivity index (χ1n) is 7.32. The van der Waals surface area contributed by atoms with Gasteiger partial charge < -0.3 is 20.0 Å². The summed E-state index contributed by atoms with van der Waals surface area (Å²) in [6.45, 7) is 5.39. The average Bonchev–Trinajstić information content (AvgIpc) is 2.75. The summed E-state index contributed by atoms with van der Waals surface area (Å²) in [4.78, 5) is 27.4. The molecule has 0 bridgehead atoms. The summed E-state index contributed by atoms with van der Waals surface area (Å²) in [5.41, 5.74) is 6.32. The van der Waals surface area contributed by atoms with E-state index in [1.807, 2.05) is 18.2 Å². The molecule has 0 aliphatic rings. The molecule has 3 N–H and O–H groups in total. The quantitative estimate of drug-likeness (QED) is 0.801. The Morgan fingerprint density at radius 2 is 2.09 bits per heavy atom. The number of carbonyl (C=O) groups is 2. The maximum absolute atomic E-state index is 12.0. The second-order valence-electron chi connectivity index (χ2n) is 6.34. The van der Waals surface area contributed by atoms with Crippen LogP contribution in [0.3, 0.4) is 0 Å². The number of pyridine rings is 1. The Kier molecular flexibility index (Phi) is 4.70. The predicted molar refractivity (Wildman–Crippen MR) is 84.1 cm³/mol. The first kappa shape index (κ1) is 17.0. The fourth-order valence-electron chi connectivity index (χ4n) is 2.25. The molecule has 0 radical (unpaired) electrons. The molecule has 7 nitrogen and oxygen atoms in total. The standard InChI is InChI=1S/C16H21N3O4/c1-16(2,3)23-14(20)9-13-18-11(8-10(17)15(21)22)12-6-4-5-7-19(12)13/h4-7,10H,8-9,17H2,1-3H3,(H,21,22)/t10-/m0/s1. The zero-order chi connectivity index (χ0) is 17.2. The van der Waals surface area contributed by atoms with Crippen LogP contribution in [0, 0.1) is 0 Å². The first-order chi connectivity index (χ1) is 10.7. The Balaban J connectivity index is 2.30. The molecule has 0 spiro atoms. The van der Waals surface area contributed by atoms with Crippen LogP contribution in [0.1, 0.15) is 32.3 Å². The van der Waals surface area contributed by atoms with Gasteiger partial charge in [-0.1, -0.05) is 6.07 Å². The normalized spacial score (nSPS) is 13.0. The Labute approximate surface area is 134 Å². The van der Waals surface area contributed by atoms with Crippen molar-refractivity contribution in [3.05, 3.63) is 35.9 Å². The summed E-state index contributed by atoms with van der Waals surface area (Å²) in [6.07, 6.45) is 1.87. The number of hydrogen-bond acceptors (Lipinski definition) is 5. The predicted octanol–water partition coefficient (Wildman–Crippen LogP) is 1.17. The number of hydrogen-bond donors (Lipinski definition) is 2. The van der Waals surface area contributed by atoms with Gasteiger partial charge in [-0.25, -0.2) is 4.98 Å². The van der Waals surface area contributed by atoms with Crippen LogP contribution < -0.4 is 5.73 Å². The molecule has 7 heteroatoms. The van der Waals surface area contributed by atoms with Crippen molar-refractivity contribution in [2.75, 3.05) is 0 Å². The smallest absolute Gasteiger partial charge is 0.320 e. The topological polar surface area (TPSA) is 107 Å². The van der Waals surface area contributed by atoms with Crippen LogP contribution in [-0.4, -0.2) is 38.1 Å². The minimum absolute atomic E-state index is 0.00472. The Morgan fingerprint density at radius 3 is 2.70 bits per heavy atom. The highest BCUT2D eigenvalue weighted by Crippen LogP contribution is 2.16. The zero-order valence-electron chi connectivity index (χ0n) is 13.4. The van der Waals surface area contributed by atoms with Gasteiger partial charge in [0.15, 0.2) is 0 Å². The van der Waals surface area contributed by atoms with E-state index in [1.165, 1.54) is 0 Å². The number of carbonyl (C=O) groups excluding carboxylic acids is 1. The van der Waals surface area contributed by atoms with Crippen molar-refractivity contribution in [3.8, 4) is 0 Å². The lowest BCUT2D eigenvalue weighted by Gasteiger charge is -2.19. The van der Waals surface area contributed by atoms with Crippen LogP contribution in [0.4, 0.5) is 0 Å². The molecule has 0 saturated carbocycles. The number of aromatic nitrogens is 2. The number of fused-ring (bicyclic) bond motifs is 1. The van der Waals surface area contributed by atoms with Crippen molar-refractivity contribution in [1.29, 1.82) is 0 Å². The van der Waals surface area contributed by atoms with Gasteiger partial charge in [-0.3, -0.25) is 9.59 Å². The summed E-state index contributed by atoms with van der Waals surface area (Å²) in [5.74, 6) is -0.972. The van der Waals surface area contributed by atoms with E-state index < -0.39 is 17.6 Å². The molecule has 0 amide bonds. The Bertz CT molecular complexity index is 730. The lowest BCUT2D eigenvalue weighted by atomic mass is 10.1. The average molecular weight is 319 g/mol. The molecule has 0 aromatic carbocycles. The van der Waals surface area contributed by atoms with Gasteiger partial charge in [0.05, 0.1) is 11.2 Å². The van der Waals surface area contributed by atoms with Crippen molar-refractivity contribution in [1.82, 2.24) is 9.38 Å². The van der Waals surface area contributed by atoms with Gasteiger partial charge in [-0.15, -0.1) is 0 Å². The molecule has 0 saturated heterocycles. The maximum Gasteiger partial charge on any atom is 0.320 e. The summed E-state index contributed by atoms with van der Waals surface area (Å²) in [5, 5.41) is 8.96. The molecule has 2 rings (SSSR count). The van der Waals surface area contributed by atoms with Crippen molar-refractivity contribution < 1.29 is 19.4 Å². The van der Waals surface area contributed by atoms with Gasteiger partial charge >= 0.3 is 11.9 Å². The largest absolute Gasteiger partial charge is 0.480 e. The molecule has 2 aromatic heterocycles. The van der Waals surface area contributed by atoms with Crippen molar-refractivity contribution in [2.24, 2.45) is 5.73 Å². The van der Waals surface area contributed by atoms with Crippen LogP contribution >= 0.6 is 0 Å². The summed E-state index contributed by atoms with van der Waals surface area (Å²) >= 11 is 0. The van der Waals surface area contributed by atoms with Gasteiger partial charge in [0.1, 0.15) is 23.9 Å². The molecule has 0 fully saturated rings. The minimum Gasteiger partial charge on any atom is -0.480 e. The van der Waals surface area contributed by atoms with E-state index in [0.717, 1.165) is 5.52 Å². The van der Waals surface area contributed by atoms with Crippen LogP contribution in [0.2, 0.25) is 0 Å². The number of imidazole rings is 1. The number of nitrogens with two attached hydrogens (primary N) is 1. The monoisotopic (exact) mass is 319 g/mol. The maximum atomic E-state index is 12.0. The molecule has 1 atom stereocenters. The SMILES string of the molecule is CC(C)(C)OC(=O)Cc1nc(C[C@H](N)C(=O)O)c2ccccn12. The van der Waals surface area contributed by atoms with E-state index >= 15 is 0 Å². The van der Waals surface area contributed by atoms with E-state index in [2.05, 4.69) is 4.98 Å². The number of carboxylic acids is 1. The molecule has 0 aliphatic heterocycles. The van der Waals surface area contributed by atoms with E-state index in [0.29, 0.717) is 11.5 Å². The fourth-order valence-corrected chi connectivity index (χ4v) is 2.25. The second-order valence-corrected chi connectivity index (χ2v) is 6.34. The van der Waals surface area contributed by atoms with Gasteiger partial charge in [0, 0.05) is 12.6 Å². The van der Waals surface area contributed by atoms with Gasteiger partial charge in [-0.2, -0.15) is 0 Å². The first-order valence-corrected chi connectivity index (χ1v) is 7.32. The van der Waals surface area contributed by atoms with Crippen LogP contribution in [0.25, 0.3) is 5.52 Å². The lowest BCUT2D eigenvalue weighted by molar-refractivity contribution is -0.154. The highest BCUT2D eigenvalue weighted by Gasteiger charge is 2.21. The number of carboxylic acid groups (broad SMARTS) is 1. The van der Waals surface area contributed by atoms with Crippen LogP contribution in [0.5, 0.6) is 0 Å². The summed E-state index contributed by atoms with van der Waals surface area (Å²) < 4.78 is 7.07. The van der Waals surface area contributed by atoms with Crippen LogP contribution in [-0.2, 0) is 27.2 Å². The third kappa shape index (κ3) is 4.29. The van der Waals surface area contributed by atoms with E-state index in [1.54, 1.807) is 31.4 Å². The molecule has 23 heavy (non-hydrogen) atoms. The zero-order valence-corrected chi connectivity index (χ0v) is 13.4. The third-order valence-electron chi connectivity index (χ3n) is 3.15. The molecule has 0 aliphatic carbocycles. The number of aliphatic carboxylic acids is 1. The highest BCUT2D eigenvalue weighted by molar-refractivity contribution is 5.75. The molecule has 0 unspecified atom stereocenters. The molecular weight excluding hydrogens is 298 g/mol. The van der Waals surface area contributed by atoms with Gasteiger partial charge in [-0.05, 0) is 32.9 Å². The molecule has 2 heterocycles. The number of nitrogens with zero attached hydrogens (tertiary/aromatic N) is 2. The second kappa shape index (κ2) is 6.37. The Hall–Kier alpha value is -2.41. The molecule has 2 aromatic rings. The third-order valence-corrected chi connectivity index (χ3v) is 3.15. The fraction of sp³-hybridized carbons (Fsp3) is 0.438. The lowest BCUT2D eigenvalue weighted by Crippen LogP contribution is -2.32.